The Labute approximate surface area is 187 Å². The summed E-state index contributed by atoms with van der Waals surface area (Å²) >= 11 is 0. The first kappa shape index (κ1) is 22.2. The van der Waals surface area contributed by atoms with E-state index in [-0.39, 0.29) is 19.3 Å². The van der Waals surface area contributed by atoms with Crippen molar-refractivity contribution in [3.63, 3.8) is 0 Å². The van der Waals surface area contributed by atoms with E-state index in [1.54, 1.807) is 0 Å². The van der Waals surface area contributed by atoms with E-state index >= 15 is 0 Å². The first-order valence-electron chi connectivity index (χ1n) is 10.6. The summed E-state index contributed by atoms with van der Waals surface area (Å²) in [5.41, 5.74) is 3.23. The molecule has 1 aliphatic rings. The molecule has 0 amide bonds. The van der Waals surface area contributed by atoms with Gasteiger partial charge in [-0.3, -0.25) is 0 Å². The van der Waals surface area contributed by atoms with Crippen LogP contribution >= 0.6 is 0 Å². The minimum Gasteiger partial charge on any atom is -0.376 e. The second-order valence-electron chi connectivity index (χ2n) is 8.14. The SMILES string of the molecule is Cc1cc(Nc2ncn(-c3cc(F)cc(F)c3)n2)cc(N2CCOC(COC(C)C)C2)c1.[HH]. The number of morpholine rings is 1. The van der Waals surface area contributed by atoms with Crippen molar-refractivity contribution in [2.24, 2.45) is 0 Å². The predicted octanol–water partition coefficient (Wildman–Crippen LogP) is 4.47. The average Bonchev–Trinajstić information content (AvgIpc) is 3.20. The molecule has 0 aliphatic carbocycles. The zero-order valence-corrected chi connectivity index (χ0v) is 18.4. The number of nitrogens with zero attached hydrogens (tertiary/aromatic N) is 4. The highest BCUT2D eigenvalue weighted by atomic mass is 19.1. The Bertz CT molecular complexity index is 1060. The Morgan fingerprint density at radius 3 is 2.69 bits per heavy atom. The van der Waals surface area contributed by atoms with E-state index in [1.807, 2.05) is 32.9 Å². The molecule has 3 aromatic rings. The molecule has 0 saturated carbocycles. The van der Waals surface area contributed by atoms with Crippen molar-refractivity contribution in [2.75, 3.05) is 36.5 Å². The molecule has 1 saturated heterocycles. The number of halogens is 2. The van der Waals surface area contributed by atoms with Gasteiger partial charge in [-0.15, -0.1) is 5.10 Å². The van der Waals surface area contributed by atoms with Gasteiger partial charge in [-0.25, -0.2) is 13.5 Å². The summed E-state index contributed by atoms with van der Waals surface area (Å²) < 4.78 is 39.9. The normalized spacial score (nSPS) is 16.6. The highest BCUT2D eigenvalue weighted by Crippen LogP contribution is 2.26. The van der Waals surface area contributed by atoms with Gasteiger partial charge in [-0.1, -0.05) is 0 Å². The van der Waals surface area contributed by atoms with Crippen molar-refractivity contribution < 1.29 is 19.7 Å². The second kappa shape index (κ2) is 9.62. The molecule has 1 aliphatic heterocycles. The summed E-state index contributed by atoms with van der Waals surface area (Å²) in [7, 11) is 0. The van der Waals surface area contributed by atoms with E-state index in [0.29, 0.717) is 19.2 Å². The van der Waals surface area contributed by atoms with E-state index < -0.39 is 11.6 Å². The van der Waals surface area contributed by atoms with Crippen molar-refractivity contribution >= 4 is 17.3 Å². The van der Waals surface area contributed by atoms with Crippen LogP contribution in [0.1, 0.15) is 20.8 Å². The van der Waals surface area contributed by atoms with Crippen molar-refractivity contribution in [2.45, 2.75) is 33.0 Å². The highest BCUT2D eigenvalue weighted by molar-refractivity contribution is 5.64. The van der Waals surface area contributed by atoms with Gasteiger partial charge in [0.15, 0.2) is 0 Å². The third-order valence-electron chi connectivity index (χ3n) is 5.04. The quantitative estimate of drug-likeness (QED) is 0.579. The molecule has 1 atom stereocenters. The van der Waals surface area contributed by atoms with Crippen molar-refractivity contribution in [1.82, 2.24) is 14.8 Å². The lowest BCUT2D eigenvalue weighted by Crippen LogP contribution is -2.44. The van der Waals surface area contributed by atoms with E-state index in [9.17, 15) is 8.78 Å². The molecule has 9 heteroatoms. The van der Waals surface area contributed by atoms with Crippen LogP contribution in [-0.4, -0.2) is 53.3 Å². The van der Waals surface area contributed by atoms with Crippen LogP contribution in [0.4, 0.5) is 26.1 Å². The number of benzene rings is 2. The monoisotopic (exact) mass is 445 g/mol. The third kappa shape index (κ3) is 5.60. The zero-order valence-electron chi connectivity index (χ0n) is 18.4. The maximum atomic E-state index is 13.5. The Balaban J connectivity index is 0.00000306. The number of aryl methyl sites for hydroxylation is 1. The number of anilines is 3. The fourth-order valence-electron chi connectivity index (χ4n) is 3.62. The topological polar surface area (TPSA) is 64.4 Å². The number of hydrogen-bond donors (Lipinski definition) is 1. The minimum atomic E-state index is -0.670. The standard InChI is InChI=1S/C23H27F2N5O2.H2/c1-15(2)32-13-22-12-29(4-5-31-22)20-7-16(3)6-19(11-20)27-23-26-14-30(28-23)21-9-17(24)8-18(25)10-21;/h6-11,14-15,22H,4-5,12-13H2,1-3H3,(H,27,28);1H. The van der Waals surface area contributed by atoms with Gasteiger partial charge in [0.25, 0.3) is 0 Å². The lowest BCUT2D eigenvalue weighted by molar-refractivity contribution is -0.0405. The largest absolute Gasteiger partial charge is 0.376 e. The number of nitrogens with one attached hydrogen (secondary N) is 1. The maximum Gasteiger partial charge on any atom is 0.246 e. The molecule has 1 fully saturated rings. The first-order chi connectivity index (χ1) is 15.4. The van der Waals surface area contributed by atoms with Gasteiger partial charge in [0.1, 0.15) is 18.0 Å². The van der Waals surface area contributed by atoms with Crippen LogP contribution in [0.2, 0.25) is 0 Å². The molecule has 1 N–H and O–H groups in total. The van der Waals surface area contributed by atoms with Gasteiger partial charge in [0, 0.05) is 32.0 Å². The van der Waals surface area contributed by atoms with Gasteiger partial charge >= 0.3 is 0 Å². The minimum absolute atomic E-state index is 0. The first-order valence-corrected chi connectivity index (χ1v) is 10.6. The van der Waals surface area contributed by atoms with Crippen LogP contribution in [0, 0.1) is 18.6 Å². The molecule has 1 unspecified atom stereocenters. The highest BCUT2D eigenvalue weighted by Gasteiger charge is 2.22. The van der Waals surface area contributed by atoms with E-state index in [4.69, 9.17) is 9.47 Å². The average molecular weight is 446 g/mol. The Morgan fingerprint density at radius 1 is 1.16 bits per heavy atom. The van der Waals surface area contributed by atoms with Crippen LogP contribution in [0.15, 0.2) is 42.7 Å². The number of aromatic nitrogens is 3. The summed E-state index contributed by atoms with van der Waals surface area (Å²) in [5.74, 6) is -1.01. The molecule has 4 rings (SSSR count). The maximum absolute atomic E-state index is 13.5. The molecule has 172 valence electrons. The third-order valence-corrected chi connectivity index (χ3v) is 5.04. The molecule has 2 heterocycles. The molecule has 32 heavy (non-hydrogen) atoms. The van der Waals surface area contributed by atoms with E-state index in [0.717, 1.165) is 36.1 Å². The van der Waals surface area contributed by atoms with Crippen molar-refractivity contribution in [3.05, 3.63) is 59.9 Å². The molecule has 0 radical (unpaired) electrons. The van der Waals surface area contributed by atoms with Gasteiger partial charge in [0.2, 0.25) is 5.95 Å². The Kier molecular flexibility index (Phi) is 6.66. The molecule has 2 aromatic carbocycles. The van der Waals surface area contributed by atoms with Crippen LogP contribution < -0.4 is 10.2 Å². The lowest BCUT2D eigenvalue weighted by Gasteiger charge is -2.35. The van der Waals surface area contributed by atoms with Crippen LogP contribution in [-0.2, 0) is 9.47 Å². The van der Waals surface area contributed by atoms with Gasteiger partial charge in [0.05, 0.1) is 31.1 Å². The summed E-state index contributed by atoms with van der Waals surface area (Å²) in [6.45, 7) is 8.79. The molecular weight excluding hydrogens is 416 g/mol. The fourth-order valence-corrected chi connectivity index (χ4v) is 3.62. The Morgan fingerprint density at radius 2 is 1.94 bits per heavy atom. The molecule has 7 nitrogen and oxygen atoms in total. The second-order valence-corrected chi connectivity index (χ2v) is 8.14. The predicted molar refractivity (Wildman–Crippen MR) is 121 cm³/mol. The van der Waals surface area contributed by atoms with E-state index in [1.165, 1.54) is 23.1 Å². The fraction of sp³-hybridized carbons (Fsp3) is 0.391. The molecule has 0 spiro atoms. The van der Waals surface area contributed by atoms with Crippen LogP contribution in [0.25, 0.3) is 5.69 Å². The summed E-state index contributed by atoms with van der Waals surface area (Å²) in [6, 6.07) is 9.36. The lowest BCUT2D eigenvalue weighted by atomic mass is 10.1. The van der Waals surface area contributed by atoms with Gasteiger partial charge < -0.3 is 19.7 Å². The molecular formula is C23H29F2N5O2. The summed E-state index contributed by atoms with van der Waals surface area (Å²) in [6.07, 6.45) is 1.60. The van der Waals surface area contributed by atoms with Crippen molar-refractivity contribution in [3.8, 4) is 5.69 Å². The van der Waals surface area contributed by atoms with E-state index in [2.05, 4.69) is 26.4 Å². The number of hydrogen-bond acceptors (Lipinski definition) is 6. The Hall–Kier alpha value is -3.04. The van der Waals surface area contributed by atoms with Crippen LogP contribution in [0.3, 0.4) is 0 Å². The van der Waals surface area contributed by atoms with Crippen molar-refractivity contribution in [1.29, 1.82) is 0 Å². The van der Waals surface area contributed by atoms with Crippen LogP contribution in [0.5, 0.6) is 0 Å². The molecule has 0 bridgehead atoms. The van der Waals surface area contributed by atoms with Gasteiger partial charge in [-0.05, 0) is 56.7 Å². The van der Waals surface area contributed by atoms with Gasteiger partial charge in [-0.2, -0.15) is 4.98 Å². The summed E-state index contributed by atoms with van der Waals surface area (Å²) in [4.78, 5) is 6.49. The number of ether oxygens (including phenoxy) is 2. The zero-order chi connectivity index (χ0) is 22.7. The molecule has 1 aromatic heterocycles. The summed E-state index contributed by atoms with van der Waals surface area (Å²) in [5, 5.41) is 7.48. The number of rotatable bonds is 7. The smallest absolute Gasteiger partial charge is 0.246 e.